The topological polar surface area (TPSA) is 87.6 Å². The molecule has 108 valence electrons. The molecule has 2 aromatic carbocycles. The van der Waals surface area contributed by atoms with Gasteiger partial charge in [-0.15, -0.1) is 5.10 Å². The van der Waals surface area contributed by atoms with Gasteiger partial charge in [0, 0.05) is 5.75 Å². The van der Waals surface area contributed by atoms with Gasteiger partial charge in [0.25, 0.3) is 0 Å². The Morgan fingerprint density at radius 2 is 1.91 bits per heavy atom. The van der Waals surface area contributed by atoms with Crippen LogP contribution in [-0.2, 0) is 5.75 Å². The Balaban J connectivity index is 1.81. The Hall–Kier alpha value is -2.85. The van der Waals surface area contributed by atoms with E-state index in [1.807, 2.05) is 18.2 Å². The van der Waals surface area contributed by atoms with Gasteiger partial charge in [0.2, 0.25) is 5.16 Å². The highest BCUT2D eigenvalue weighted by atomic mass is 32.2. The lowest BCUT2D eigenvalue weighted by Gasteiger charge is -2.05. The number of phenolic OH excluding ortho intramolecular Hbond substituents is 1. The van der Waals surface area contributed by atoms with Gasteiger partial charge in [0.1, 0.15) is 5.75 Å². The van der Waals surface area contributed by atoms with Gasteiger partial charge in [-0.3, -0.25) is 0 Å². The molecule has 0 fully saturated rings. The summed E-state index contributed by atoms with van der Waals surface area (Å²) in [6.45, 7) is 0. The number of nitrogens with zero attached hydrogens (tertiary/aromatic N) is 5. The highest BCUT2D eigenvalue weighted by Crippen LogP contribution is 2.24. The molecule has 0 saturated heterocycles. The first-order valence-electron chi connectivity index (χ1n) is 6.46. The van der Waals surface area contributed by atoms with Crippen molar-refractivity contribution < 1.29 is 5.11 Å². The van der Waals surface area contributed by atoms with Crippen LogP contribution in [0.5, 0.6) is 5.75 Å². The Morgan fingerprint density at radius 3 is 2.68 bits per heavy atom. The lowest BCUT2D eigenvalue weighted by atomic mass is 10.1. The molecule has 0 atom stereocenters. The summed E-state index contributed by atoms with van der Waals surface area (Å²) in [5, 5.41) is 30.7. The fourth-order valence-electron chi connectivity index (χ4n) is 1.92. The van der Waals surface area contributed by atoms with E-state index in [-0.39, 0.29) is 5.75 Å². The zero-order valence-electron chi connectivity index (χ0n) is 11.4. The van der Waals surface area contributed by atoms with Crippen LogP contribution in [0, 0.1) is 11.3 Å². The van der Waals surface area contributed by atoms with Gasteiger partial charge in [0.15, 0.2) is 0 Å². The van der Waals surface area contributed by atoms with Crippen LogP contribution in [0.4, 0.5) is 0 Å². The van der Waals surface area contributed by atoms with Crippen LogP contribution < -0.4 is 0 Å². The van der Waals surface area contributed by atoms with Crippen LogP contribution in [0.1, 0.15) is 11.1 Å². The molecule has 6 nitrogen and oxygen atoms in total. The number of hydrogen-bond acceptors (Lipinski definition) is 6. The minimum Gasteiger partial charge on any atom is -0.508 e. The lowest BCUT2D eigenvalue weighted by molar-refractivity contribution is 0.475. The van der Waals surface area contributed by atoms with E-state index < -0.39 is 0 Å². The van der Waals surface area contributed by atoms with Crippen molar-refractivity contribution in [3.8, 4) is 17.5 Å². The Bertz CT molecular complexity index is 822. The molecule has 0 aliphatic carbocycles. The van der Waals surface area contributed by atoms with E-state index in [1.54, 1.807) is 35.0 Å². The van der Waals surface area contributed by atoms with Crippen molar-refractivity contribution in [2.24, 2.45) is 0 Å². The molecule has 3 aromatic rings. The van der Waals surface area contributed by atoms with Crippen molar-refractivity contribution in [3.05, 3.63) is 59.7 Å². The van der Waals surface area contributed by atoms with E-state index in [2.05, 4.69) is 21.6 Å². The zero-order valence-corrected chi connectivity index (χ0v) is 12.2. The number of tetrazole rings is 1. The molecular weight excluding hydrogens is 298 g/mol. The number of aromatic nitrogens is 4. The quantitative estimate of drug-likeness (QED) is 0.745. The third kappa shape index (κ3) is 2.92. The number of phenols is 1. The SMILES string of the molecule is N#Cc1ccccc1CSc1nnnn1-c1ccc(O)cc1. The molecule has 7 heteroatoms. The molecule has 0 saturated carbocycles. The number of nitriles is 1. The van der Waals surface area contributed by atoms with Gasteiger partial charge >= 0.3 is 0 Å². The Morgan fingerprint density at radius 1 is 1.14 bits per heavy atom. The molecule has 0 radical (unpaired) electrons. The second-order valence-electron chi connectivity index (χ2n) is 4.45. The third-order valence-corrected chi connectivity index (χ3v) is 4.00. The van der Waals surface area contributed by atoms with Crippen molar-refractivity contribution in [2.75, 3.05) is 0 Å². The molecule has 3 rings (SSSR count). The van der Waals surface area contributed by atoms with Crippen LogP contribution in [0.15, 0.2) is 53.7 Å². The van der Waals surface area contributed by atoms with Crippen LogP contribution in [0.2, 0.25) is 0 Å². The number of benzene rings is 2. The zero-order chi connectivity index (χ0) is 15.4. The summed E-state index contributed by atoms with van der Waals surface area (Å²) < 4.78 is 1.60. The number of aromatic hydroxyl groups is 1. The van der Waals surface area contributed by atoms with Gasteiger partial charge in [-0.05, 0) is 46.3 Å². The van der Waals surface area contributed by atoms with Crippen LogP contribution in [-0.4, -0.2) is 25.3 Å². The molecule has 0 bridgehead atoms. The smallest absolute Gasteiger partial charge is 0.214 e. The maximum Gasteiger partial charge on any atom is 0.214 e. The number of thioether (sulfide) groups is 1. The molecule has 0 unspecified atom stereocenters. The lowest BCUT2D eigenvalue weighted by Crippen LogP contribution is -1.99. The molecule has 0 amide bonds. The molecule has 22 heavy (non-hydrogen) atoms. The largest absolute Gasteiger partial charge is 0.508 e. The molecule has 1 heterocycles. The minimum absolute atomic E-state index is 0.189. The van der Waals surface area contributed by atoms with Crippen molar-refractivity contribution >= 4 is 11.8 Å². The predicted molar refractivity (Wildman–Crippen MR) is 81.5 cm³/mol. The van der Waals surface area contributed by atoms with E-state index in [0.29, 0.717) is 16.5 Å². The van der Waals surface area contributed by atoms with Crippen molar-refractivity contribution in [1.29, 1.82) is 5.26 Å². The summed E-state index contributed by atoms with van der Waals surface area (Å²) >= 11 is 1.45. The molecule has 1 N–H and O–H groups in total. The first-order valence-corrected chi connectivity index (χ1v) is 7.45. The van der Waals surface area contributed by atoms with Gasteiger partial charge in [-0.2, -0.15) is 9.94 Å². The summed E-state index contributed by atoms with van der Waals surface area (Å²) in [5.74, 6) is 0.788. The van der Waals surface area contributed by atoms with Gasteiger partial charge in [0.05, 0.1) is 17.3 Å². The van der Waals surface area contributed by atoms with Crippen LogP contribution >= 0.6 is 11.8 Å². The monoisotopic (exact) mass is 309 g/mol. The Labute approximate surface area is 131 Å². The second kappa shape index (κ2) is 6.28. The molecule has 0 spiro atoms. The van der Waals surface area contributed by atoms with Crippen LogP contribution in [0.25, 0.3) is 5.69 Å². The fraction of sp³-hybridized carbons (Fsp3) is 0.0667. The third-order valence-electron chi connectivity index (χ3n) is 3.03. The van der Waals surface area contributed by atoms with Gasteiger partial charge < -0.3 is 5.11 Å². The molecule has 1 aromatic heterocycles. The summed E-state index contributed by atoms with van der Waals surface area (Å²) in [6.07, 6.45) is 0. The number of rotatable bonds is 4. The van der Waals surface area contributed by atoms with Crippen LogP contribution in [0.3, 0.4) is 0 Å². The average Bonchev–Trinajstić information content (AvgIpc) is 3.02. The maximum atomic E-state index is 9.34. The first-order chi connectivity index (χ1) is 10.8. The average molecular weight is 309 g/mol. The summed E-state index contributed by atoms with van der Waals surface area (Å²) in [6, 6.07) is 16.3. The van der Waals surface area contributed by atoms with Gasteiger partial charge in [-0.25, -0.2) is 0 Å². The summed E-state index contributed by atoms with van der Waals surface area (Å²) in [5.41, 5.74) is 2.35. The molecule has 0 aliphatic rings. The maximum absolute atomic E-state index is 9.34. The standard InChI is InChI=1S/C15H11N5OS/c16-9-11-3-1-2-4-12(11)10-22-15-17-18-19-20(15)13-5-7-14(21)8-6-13/h1-8,21H,10H2. The van der Waals surface area contributed by atoms with E-state index in [1.165, 1.54) is 11.8 Å². The normalized spacial score (nSPS) is 10.3. The summed E-state index contributed by atoms with van der Waals surface area (Å²) in [4.78, 5) is 0. The van der Waals surface area contributed by atoms with Gasteiger partial charge in [-0.1, -0.05) is 30.0 Å². The van der Waals surface area contributed by atoms with E-state index in [0.717, 1.165) is 11.3 Å². The van der Waals surface area contributed by atoms with Crippen molar-refractivity contribution in [1.82, 2.24) is 20.2 Å². The van der Waals surface area contributed by atoms with Crippen molar-refractivity contribution in [3.63, 3.8) is 0 Å². The van der Waals surface area contributed by atoms with E-state index in [9.17, 15) is 5.11 Å². The Kier molecular flexibility index (Phi) is 4.03. The van der Waals surface area contributed by atoms with Crippen molar-refractivity contribution in [2.45, 2.75) is 10.9 Å². The number of hydrogen-bond donors (Lipinski definition) is 1. The second-order valence-corrected chi connectivity index (χ2v) is 5.39. The predicted octanol–water partition coefficient (Wildman–Crippen LogP) is 2.53. The first kappa shape index (κ1) is 14.1. The van der Waals surface area contributed by atoms with E-state index >= 15 is 0 Å². The highest BCUT2D eigenvalue weighted by Gasteiger charge is 2.10. The summed E-state index contributed by atoms with van der Waals surface area (Å²) in [7, 11) is 0. The van der Waals surface area contributed by atoms with E-state index in [4.69, 9.17) is 5.26 Å². The highest BCUT2D eigenvalue weighted by molar-refractivity contribution is 7.98. The molecule has 0 aliphatic heterocycles. The molecular formula is C15H11N5OS. The fourth-order valence-corrected chi connectivity index (χ4v) is 2.82. The minimum atomic E-state index is 0.189.